The molecule has 1 aromatic heterocycles. The molecule has 0 aliphatic carbocycles. The van der Waals surface area contributed by atoms with Crippen molar-refractivity contribution < 1.29 is 14.1 Å². The van der Waals surface area contributed by atoms with Crippen molar-refractivity contribution in [1.29, 1.82) is 0 Å². The molecule has 29 heavy (non-hydrogen) atoms. The van der Waals surface area contributed by atoms with Crippen molar-refractivity contribution in [2.75, 3.05) is 4.90 Å². The SMILES string of the molecule is Cc1cc(-c2ccc(C=C3SC(=S)N(c4ccccc4)C3=O)o2)ccc1[N+](=O)[O-]. The van der Waals surface area contributed by atoms with E-state index < -0.39 is 4.92 Å². The van der Waals surface area contributed by atoms with E-state index in [-0.39, 0.29) is 11.6 Å². The van der Waals surface area contributed by atoms with Crippen LogP contribution in [0.4, 0.5) is 11.4 Å². The first kappa shape index (κ1) is 19.1. The maximum Gasteiger partial charge on any atom is 0.272 e. The molecule has 6 nitrogen and oxygen atoms in total. The van der Waals surface area contributed by atoms with Gasteiger partial charge in [0.05, 0.1) is 15.5 Å². The fourth-order valence-electron chi connectivity index (χ4n) is 3.00. The molecular formula is C21H14N2O4S2. The van der Waals surface area contributed by atoms with Crippen molar-refractivity contribution in [3.05, 3.63) is 87.0 Å². The number of para-hydroxylation sites is 1. The third-order valence-electron chi connectivity index (χ3n) is 4.39. The van der Waals surface area contributed by atoms with Crippen molar-refractivity contribution in [3.63, 3.8) is 0 Å². The lowest BCUT2D eigenvalue weighted by molar-refractivity contribution is -0.385. The van der Waals surface area contributed by atoms with E-state index in [0.717, 1.165) is 11.3 Å². The lowest BCUT2D eigenvalue weighted by atomic mass is 10.1. The van der Waals surface area contributed by atoms with E-state index in [0.29, 0.717) is 26.3 Å². The number of nitro benzene ring substituents is 1. The van der Waals surface area contributed by atoms with Crippen molar-refractivity contribution >= 4 is 51.7 Å². The van der Waals surface area contributed by atoms with Crippen LogP contribution in [0.15, 0.2) is 70.0 Å². The van der Waals surface area contributed by atoms with Crippen LogP contribution in [0.25, 0.3) is 17.4 Å². The molecule has 0 N–H and O–H groups in total. The number of nitro groups is 1. The molecule has 0 bridgehead atoms. The van der Waals surface area contributed by atoms with E-state index >= 15 is 0 Å². The van der Waals surface area contributed by atoms with Gasteiger partial charge in [-0.2, -0.15) is 0 Å². The fourth-order valence-corrected chi connectivity index (χ4v) is 4.27. The molecule has 0 unspecified atom stereocenters. The summed E-state index contributed by atoms with van der Waals surface area (Å²) in [6, 6.07) is 17.6. The number of carbonyl (C=O) groups is 1. The van der Waals surface area contributed by atoms with E-state index in [9.17, 15) is 14.9 Å². The molecule has 0 radical (unpaired) electrons. The zero-order chi connectivity index (χ0) is 20.5. The van der Waals surface area contributed by atoms with Crippen LogP contribution in [0.1, 0.15) is 11.3 Å². The number of furan rings is 1. The Kier molecular flexibility index (Phi) is 5.04. The number of hydrogen-bond acceptors (Lipinski definition) is 6. The van der Waals surface area contributed by atoms with Gasteiger partial charge in [0.2, 0.25) is 0 Å². The summed E-state index contributed by atoms with van der Waals surface area (Å²) in [5.41, 5.74) is 2.06. The summed E-state index contributed by atoms with van der Waals surface area (Å²) in [7, 11) is 0. The second-order valence-electron chi connectivity index (χ2n) is 6.31. The van der Waals surface area contributed by atoms with Gasteiger partial charge in [0, 0.05) is 23.3 Å². The minimum atomic E-state index is -0.415. The highest BCUT2D eigenvalue weighted by Crippen LogP contribution is 2.36. The lowest BCUT2D eigenvalue weighted by Crippen LogP contribution is -2.27. The van der Waals surface area contributed by atoms with E-state index in [1.165, 1.54) is 22.7 Å². The number of carbonyl (C=O) groups excluding carboxylic acids is 1. The molecule has 2 heterocycles. The zero-order valence-corrected chi connectivity index (χ0v) is 16.8. The molecule has 1 aliphatic rings. The molecule has 0 spiro atoms. The van der Waals surface area contributed by atoms with E-state index in [1.807, 2.05) is 30.3 Å². The second-order valence-corrected chi connectivity index (χ2v) is 7.99. The van der Waals surface area contributed by atoms with Crippen molar-refractivity contribution in [3.8, 4) is 11.3 Å². The van der Waals surface area contributed by atoms with Crippen LogP contribution in [0.2, 0.25) is 0 Å². The zero-order valence-electron chi connectivity index (χ0n) is 15.2. The standard InChI is InChI=1S/C21H14N2O4S2/c1-13-11-14(7-9-17(13)23(25)26)18-10-8-16(27-18)12-19-20(24)22(21(28)29-19)15-5-3-2-4-6-15/h2-12H,1H3. The number of rotatable bonds is 4. The smallest absolute Gasteiger partial charge is 0.272 e. The number of amides is 1. The second kappa shape index (κ2) is 7.65. The Balaban J connectivity index is 1.60. The fraction of sp³-hybridized carbons (Fsp3) is 0.0476. The van der Waals surface area contributed by atoms with Gasteiger partial charge in [0.25, 0.3) is 11.6 Å². The maximum atomic E-state index is 12.8. The summed E-state index contributed by atoms with van der Waals surface area (Å²) in [4.78, 5) is 25.3. The molecule has 4 rings (SSSR count). The van der Waals surface area contributed by atoms with Crippen LogP contribution in [0.3, 0.4) is 0 Å². The molecule has 1 saturated heterocycles. The molecular weight excluding hydrogens is 408 g/mol. The average molecular weight is 422 g/mol. The van der Waals surface area contributed by atoms with Gasteiger partial charge < -0.3 is 4.42 Å². The van der Waals surface area contributed by atoms with Gasteiger partial charge in [-0.1, -0.05) is 42.2 Å². The predicted octanol–water partition coefficient (Wildman–Crippen LogP) is 5.57. The Bertz CT molecular complexity index is 1170. The number of thiocarbonyl (C=S) groups is 1. The van der Waals surface area contributed by atoms with Crippen LogP contribution in [0, 0.1) is 17.0 Å². The summed E-state index contributed by atoms with van der Waals surface area (Å²) >= 11 is 6.58. The maximum absolute atomic E-state index is 12.8. The van der Waals surface area contributed by atoms with Gasteiger partial charge in [0.15, 0.2) is 4.32 Å². The minimum absolute atomic E-state index is 0.0603. The highest BCUT2D eigenvalue weighted by atomic mass is 32.2. The highest BCUT2D eigenvalue weighted by molar-refractivity contribution is 8.27. The van der Waals surface area contributed by atoms with Crippen molar-refractivity contribution in [2.45, 2.75) is 6.92 Å². The quantitative estimate of drug-likeness (QED) is 0.237. The molecule has 1 amide bonds. The molecule has 1 fully saturated rings. The van der Waals surface area contributed by atoms with E-state index in [1.54, 1.807) is 37.3 Å². The number of thioether (sulfide) groups is 1. The molecule has 0 atom stereocenters. The van der Waals surface area contributed by atoms with Crippen LogP contribution in [-0.2, 0) is 4.79 Å². The Labute approximate surface area is 176 Å². The number of benzene rings is 2. The summed E-state index contributed by atoms with van der Waals surface area (Å²) in [6.45, 7) is 1.68. The van der Waals surface area contributed by atoms with Gasteiger partial charge >= 0.3 is 0 Å². The summed E-state index contributed by atoms with van der Waals surface area (Å²) in [6.07, 6.45) is 1.66. The number of aryl methyl sites for hydroxylation is 1. The first-order chi connectivity index (χ1) is 13.9. The van der Waals surface area contributed by atoms with Crippen LogP contribution in [-0.4, -0.2) is 15.2 Å². The van der Waals surface area contributed by atoms with E-state index in [4.69, 9.17) is 16.6 Å². The largest absolute Gasteiger partial charge is 0.457 e. The summed E-state index contributed by atoms with van der Waals surface area (Å²) < 4.78 is 6.30. The topological polar surface area (TPSA) is 76.6 Å². The lowest BCUT2D eigenvalue weighted by Gasteiger charge is -2.13. The van der Waals surface area contributed by atoms with Crippen molar-refractivity contribution in [1.82, 2.24) is 0 Å². The van der Waals surface area contributed by atoms with Gasteiger partial charge in [-0.15, -0.1) is 0 Å². The van der Waals surface area contributed by atoms with Crippen LogP contribution < -0.4 is 4.90 Å². The van der Waals surface area contributed by atoms with Gasteiger partial charge in [-0.05, 0) is 43.3 Å². The number of anilines is 1. The Morgan fingerprint density at radius 2 is 1.90 bits per heavy atom. The molecule has 2 aromatic carbocycles. The normalized spacial score (nSPS) is 15.3. The first-order valence-corrected chi connectivity index (χ1v) is 9.85. The molecule has 1 aliphatic heterocycles. The Morgan fingerprint density at radius 3 is 2.59 bits per heavy atom. The van der Waals surface area contributed by atoms with Gasteiger partial charge in [0.1, 0.15) is 11.5 Å². The number of nitrogens with zero attached hydrogens (tertiary/aromatic N) is 2. The molecule has 144 valence electrons. The molecule has 8 heteroatoms. The van der Waals surface area contributed by atoms with E-state index in [2.05, 4.69) is 0 Å². The third kappa shape index (κ3) is 3.72. The average Bonchev–Trinajstić information content (AvgIpc) is 3.27. The molecule has 3 aromatic rings. The predicted molar refractivity (Wildman–Crippen MR) is 118 cm³/mol. The first-order valence-electron chi connectivity index (χ1n) is 8.62. The Morgan fingerprint density at radius 1 is 1.14 bits per heavy atom. The Hall–Kier alpha value is -3.23. The van der Waals surface area contributed by atoms with Crippen molar-refractivity contribution in [2.24, 2.45) is 0 Å². The highest BCUT2D eigenvalue weighted by Gasteiger charge is 2.33. The summed E-state index contributed by atoms with van der Waals surface area (Å²) in [5.74, 6) is 0.868. The number of hydrogen-bond donors (Lipinski definition) is 0. The van der Waals surface area contributed by atoms with Gasteiger partial charge in [-0.25, -0.2) is 0 Å². The minimum Gasteiger partial charge on any atom is -0.457 e. The van der Waals surface area contributed by atoms with Crippen LogP contribution in [0.5, 0.6) is 0 Å². The monoisotopic (exact) mass is 422 g/mol. The third-order valence-corrected chi connectivity index (χ3v) is 5.69. The van der Waals surface area contributed by atoms with Crippen LogP contribution >= 0.6 is 24.0 Å². The molecule has 0 saturated carbocycles. The van der Waals surface area contributed by atoms with Gasteiger partial charge in [-0.3, -0.25) is 19.8 Å². The summed E-state index contributed by atoms with van der Waals surface area (Å²) in [5, 5.41) is 11.0.